The van der Waals surface area contributed by atoms with E-state index < -0.39 is 30.2 Å². The molecule has 0 aliphatic carbocycles. The van der Waals surface area contributed by atoms with Crippen molar-refractivity contribution in [2.45, 2.75) is 13.5 Å². The summed E-state index contributed by atoms with van der Waals surface area (Å²) >= 11 is 0. The van der Waals surface area contributed by atoms with Crippen molar-refractivity contribution in [2.75, 3.05) is 19.7 Å². The van der Waals surface area contributed by atoms with Crippen LogP contribution in [0.1, 0.15) is 22.8 Å². The van der Waals surface area contributed by atoms with Gasteiger partial charge in [-0.2, -0.15) is 0 Å². The second-order valence-corrected chi connectivity index (χ2v) is 5.89. The first-order chi connectivity index (χ1) is 13.4. The van der Waals surface area contributed by atoms with Crippen molar-refractivity contribution in [2.24, 2.45) is 0 Å². The predicted octanol–water partition coefficient (Wildman–Crippen LogP) is 2.29. The van der Waals surface area contributed by atoms with Gasteiger partial charge in [-0.3, -0.25) is 9.59 Å². The number of rotatable bonds is 8. The molecule has 1 N–H and O–H groups in total. The van der Waals surface area contributed by atoms with Crippen molar-refractivity contribution in [3.05, 3.63) is 71.3 Å². The Hall–Kier alpha value is -3.29. The highest BCUT2D eigenvalue weighted by Crippen LogP contribution is 2.05. The predicted molar refractivity (Wildman–Crippen MR) is 97.2 cm³/mol. The summed E-state index contributed by atoms with van der Waals surface area (Å²) in [7, 11) is 0. The Bertz CT molecular complexity index is 823. The number of ether oxygens (including phenoxy) is 1. The third-order valence-corrected chi connectivity index (χ3v) is 3.88. The zero-order valence-electron chi connectivity index (χ0n) is 15.3. The Morgan fingerprint density at radius 2 is 1.54 bits per heavy atom. The van der Waals surface area contributed by atoms with Gasteiger partial charge in [0, 0.05) is 13.1 Å². The molecular weight excluding hydrogens is 370 g/mol. The molecule has 0 saturated carbocycles. The number of likely N-dealkylation sites (N-methyl/N-ethyl adjacent to an activating group) is 1. The van der Waals surface area contributed by atoms with Crippen molar-refractivity contribution in [1.82, 2.24) is 10.2 Å². The summed E-state index contributed by atoms with van der Waals surface area (Å²) in [6.45, 7) is 1.40. The molecule has 148 valence electrons. The highest BCUT2D eigenvalue weighted by Gasteiger charge is 2.18. The Morgan fingerprint density at radius 3 is 2.11 bits per heavy atom. The van der Waals surface area contributed by atoms with Gasteiger partial charge in [0.1, 0.15) is 11.6 Å². The first kappa shape index (κ1) is 21.0. The maximum Gasteiger partial charge on any atom is 0.338 e. The molecule has 0 fully saturated rings. The van der Waals surface area contributed by atoms with E-state index in [0.29, 0.717) is 0 Å². The van der Waals surface area contributed by atoms with Gasteiger partial charge in [-0.25, -0.2) is 13.6 Å². The molecule has 0 saturated heterocycles. The molecule has 0 spiro atoms. The molecule has 2 amide bonds. The zero-order chi connectivity index (χ0) is 20.5. The van der Waals surface area contributed by atoms with Gasteiger partial charge in [0.05, 0.1) is 12.1 Å². The third kappa shape index (κ3) is 6.46. The molecule has 0 bridgehead atoms. The van der Waals surface area contributed by atoms with Gasteiger partial charge < -0.3 is 15.0 Å². The van der Waals surface area contributed by atoms with Crippen LogP contribution in [0.15, 0.2) is 48.5 Å². The molecule has 0 heterocycles. The molecule has 2 aromatic carbocycles. The Labute approximate surface area is 161 Å². The van der Waals surface area contributed by atoms with Crippen LogP contribution < -0.4 is 5.32 Å². The Morgan fingerprint density at radius 1 is 0.964 bits per heavy atom. The van der Waals surface area contributed by atoms with Gasteiger partial charge in [-0.05, 0) is 48.9 Å². The lowest BCUT2D eigenvalue weighted by atomic mass is 10.2. The SMILES string of the molecule is CCN(CC(=O)NCc1ccc(F)cc1)C(=O)COC(=O)c1ccc(F)cc1. The maximum absolute atomic E-state index is 12.9. The first-order valence-electron chi connectivity index (χ1n) is 8.60. The van der Waals surface area contributed by atoms with E-state index in [0.717, 1.165) is 17.7 Å². The van der Waals surface area contributed by atoms with Gasteiger partial charge in [-0.15, -0.1) is 0 Å². The van der Waals surface area contributed by atoms with Crippen LogP contribution in [0.2, 0.25) is 0 Å². The molecule has 0 aliphatic rings. The summed E-state index contributed by atoms with van der Waals surface area (Å²) in [4.78, 5) is 37.3. The summed E-state index contributed by atoms with van der Waals surface area (Å²) in [6.07, 6.45) is 0. The van der Waals surface area contributed by atoms with E-state index in [1.54, 1.807) is 19.1 Å². The third-order valence-electron chi connectivity index (χ3n) is 3.88. The Balaban J connectivity index is 1.79. The van der Waals surface area contributed by atoms with Crippen molar-refractivity contribution in [3.63, 3.8) is 0 Å². The lowest BCUT2D eigenvalue weighted by Gasteiger charge is -2.20. The van der Waals surface area contributed by atoms with Crippen LogP contribution >= 0.6 is 0 Å². The van der Waals surface area contributed by atoms with E-state index in [1.807, 2.05) is 0 Å². The van der Waals surface area contributed by atoms with Crippen molar-refractivity contribution >= 4 is 17.8 Å². The minimum absolute atomic E-state index is 0.120. The first-order valence-corrected chi connectivity index (χ1v) is 8.60. The molecule has 0 radical (unpaired) electrons. The highest BCUT2D eigenvalue weighted by molar-refractivity contribution is 5.92. The van der Waals surface area contributed by atoms with E-state index >= 15 is 0 Å². The van der Waals surface area contributed by atoms with Gasteiger partial charge in [0.15, 0.2) is 6.61 Å². The molecule has 2 aromatic rings. The standard InChI is InChI=1S/C20H20F2N2O4/c1-2-24(12-18(25)23-11-14-3-7-16(21)8-4-14)19(26)13-28-20(27)15-5-9-17(22)10-6-15/h3-10H,2,11-13H2,1H3,(H,23,25). The van der Waals surface area contributed by atoms with E-state index in [4.69, 9.17) is 4.74 Å². The van der Waals surface area contributed by atoms with Crippen molar-refractivity contribution in [1.29, 1.82) is 0 Å². The molecule has 0 unspecified atom stereocenters. The molecule has 0 atom stereocenters. The highest BCUT2D eigenvalue weighted by atomic mass is 19.1. The van der Waals surface area contributed by atoms with Crippen molar-refractivity contribution in [3.8, 4) is 0 Å². The number of esters is 1. The van der Waals surface area contributed by atoms with E-state index in [2.05, 4.69) is 5.32 Å². The quantitative estimate of drug-likeness (QED) is 0.702. The van der Waals surface area contributed by atoms with Crippen LogP contribution in [0, 0.1) is 11.6 Å². The number of hydrogen-bond donors (Lipinski definition) is 1. The smallest absolute Gasteiger partial charge is 0.338 e. The topological polar surface area (TPSA) is 75.7 Å². The summed E-state index contributed by atoms with van der Waals surface area (Å²) < 4.78 is 30.6. The zero-order valence-corrected chi connectivity index (χ0v) is 15.3. The van der Waals surface area contributed by atoms with Crippen LogP contribution in [-0.4, -0.2) is 42.4 Å². The van der Waals surface area contributed by atoms with E-state index in [1.165, 1.54) is 29.2 Å². The minimum Gasteiger partial charge on any atom is -0.452 e. The lowest BCUT2D eigenvalue weighted by molar-refractivity contribution is -0.138. The monoisotopic (exact) mass is 390 g/mol. The largest absolute Gasteiger partial charge is 0.452 e. The van der Waals surface area contributed by atoms with Crippen LogP contribution in [0.25, 0.3) is 0 Å². The van der Waals surface area contributed by atoms with E-state index in [-0.39, 0.29) is 31.0 Å². The van der Waals surface area contributed by atoms with Gasteiger partial charge in [-0.1, -0.05) is 12.1 Å². The normalized spacial score (nSPS) is 10.2. The second kappa shape index (κ2) is 10.1. The molecule has 2 rings (SSSR count). The van der Waals surface area contributed by atoms with Gasteiger partial charge in [0.25, 0.3) is 5.91 Å². The maximum atomic E-state index is 12.9. The summed E-state index contributed by atoms with van der Waals surface area (Å²) in [5.74, 6) is -2.55. The fourth-order valence-electron chi connectivity index (χ4n) is 2.30. The average Bonchev–Trinajstić information content (AvgIpc) is 2.70. The molecule has 0 aliphatic heterocycles. The summed E-state index contributed by atoms with van der Waals surface area (Å²) in [5.41, 5.74) is 0.839. The lowest BCUT2D eigenvalue weighted by Crippen LogP contribution is -2.42. The number of carbonyl (C=O) groups excluding carboxylic acids is 3. The molecule has 28 heavy (non-hydrogen) atoms. The van der Waals surface area contributed by atoms with Crippen LogP contribution in [-0.2, 0) is 20.9 Å². The minimum atomic E-state index is -0.759. The molecule has 0 aromatic heterocycles. The Kier molecular flexibility index (Phi) is 7.62. The van der Waals surface area contributed by atoms with E-state index in [9.17, 15) is 23.2 Å². The number of halogens is 2. The van der Waals surface area contributed by atoms with Gasteiger partial charge in [0.2, 0.25) is 5.91 Å². The number of hydrogen-bond acceptors (Lipinski definition) is 4. The number of nitrogens with one attached hydrogen (secondary N) is 1. The summed E-state index contributed by atoms with van der Waals surface area (Å²) in [5, 5.41) is 2.64. The van der Waals surface area contributed by atoms with Crippen LogP contribution in [0.5, 0.6) is 0 Å². The van der Waals surface area contributed by atoms with Gasteiger partial charge >= 0.3 is 5.97 Å². The number of benzene rings is 2. The fourth-order valence-corrected chi connectivity index (χ4v) is 2.30. The number of nitrogens with zero attached hydrogens (tertiary/aromatic N) is 1. The second-order valence-electron chi connectivity index (χ2n) is 5.89. The number of amides is 2. The van der Waals surface area contributed by atoms with Crippen LogP contribution in [0.4, 0.5) is 8.78 Å². The van der Waals surface area contributed by atoms with Crippen molar-refractivity contribution < 1.29 is 27.9 Å². The number of carbonyl (C=O) groups is 3. The fraction of sp³-hybridized carbons (Fsp3) is 0.250. The summed E-state index contributed by atoms with van der Waals surface area (Å²) in [6, 6.07) is 10.4. The molecule has 8 heteroatoms. The average molecular weight is 390 g/mol. The van der Waals surface area contributed by atoms with Crippen LogP contribution in [0.3, 0.4) is 0 Å². The molecular formula is C20H20F2N2O4. The molecule has 6 nitrogen and oxygen atoms in total.